The summed E-state index contributed by atoms with van der Waals surface area (Å²) in [7, 11) is 0. The van der Waals surface area contributed by atoms with Crippen LogP contribution in [0, 0.1) is 0 Å². The summed E-state index contributed by atoms with van der Waals surface area (Å²) in [6.07, 6.45) is 37.7. The molecule has 0 aromatic carbocycles. The molecule has 0 aliphatic rings. The molecule has 0 saturated carbocycles. The van der Waals surface area contributed by atoms with Gasteiger partial charge in [0.1, 0.15) is 13.2 Å². The maximum atomic E-state index is 11.9. The quantitative estimate of drug-likeness (QED) is 0.0521. The number of carbonyl (C=O) groups excluding carboxylic acids is 2. The highest BCUT2D eigenvalue weighted by Gasteiger charge is 2.05. The normalized spacial score (nSPS) is 11.2. The van der Waals surface area contributed by atoms with E-state index in [1.54, 1.807) is 0 Å². The molecular weight excluding hydrogens is 536 g/mol. The van der Waals surface area contributed by atoms with Gasteiger partial charge in [-0.3, -0.25) is 9.59 Å². The number of hydrogen-bond donors (Lipinski definition) is 0. The summed E-state index contributed by atoms with van der Waals surface area (Å²) in [6, 6.07) is 0. The van der Waals surface area contributed by atoms with Crippen molar-refractivity contribution in [3.05, 3.63) is 0 Å². The maximum Gasteiger partial charge on any atom is 0.305 e. The van der Waals surface area contributed by atoms with Crippen LogP contribution in [0.25, 0.3) is 0 Å². The molecule has 0 atom stereocenters. The standard InChI is InChI=1S/C38H74O5/c1-3-5-7-9-11-13-15-17-18-20-22-24-26-28-30-32-38(40)43-36-34-41-33-35-42-37(39)31-29-27-25-23-21-19-16-14-12-10-8-6-4-2/h3-36H2,1-2H3. The SMILES string of the molecule is CCCCCCCCCCCCCCCCCC(=O)OCCOCCOC(=O)CCCCCCCCCCCCCCC. The lowest BCUT2D eigenvalue weighted by molar-refractivity contribution is -0.146. The van der Waals surface area contributed by atoms with Gasteiger partial charge in [0.15, 0.2) is 0 Å². The van der Waals surface area contributed by atoms with Gasteiger partial charge >= 0.3 is 11.9 Å². The lowest BCUT2D eigenvalue weighted by Gasteiger charge is -2.07. The topological polar surface area (TPSA) is 61.8 Å². The fourth-order valence-corrected chi connectivity index (χ4v) is 5.60. The van der Waals surface area contributed by atoms with E-state index < -0.39 is 0 Å². The van der Waals surface area contributed by atoms with Gasteiger partial charge in [-0.1, -0.05) is 181 Å². The van der Waals surface area contributed by atoms with Gasteiger partial charge in [0.25, 0.3) is 0 Å². The summed E-state index contributed by atoms with van der Waals surface area (Å²) in [5.74, 6) is -0.274. The van der Waals surface area contributed by atoms with Gasteiger partial charge in [-0.2, -0.15) is 0 Å². The van der Waals surface area contributed by atoms with E-state index in [2.05, 4.69) is 13.8 Å². The number of esters is 2. The van der Waals surface area contributed by atoms with E-state index in [0.717, 1.165) is 25.7 Å². The smallest absolute Gasteiger partial charge is 0.305 e. The Morgan fingerprint density at radius 1 is 0.326 bits per heavy atom. The highest BCUT2D eigenvalue weighted by atomic mass is 16.6. The van der Waals surface area contributed by atoms with Crippen molar-refractivity contribution in [3.8, 4) is 0 Å². The molecule has 0 aromatic rings. The molecule has 0 bridgehead atoms. The van der Waals surface area contributed by atoms with Crippen LogP contribution in [0.5, 0.6) is 0 Å². The molecule has 0 amide bonds. The fourth-order valence-electron chi connectivity index (χ4n) is 5.60. The Bertz CT molecular complexity index is 565. The first kappa shape index (κ1) is 41.9. The zero-order valence-corrected chi connectivity index (χ0v) is 29.1. The Balaban J connectivity index is 3.25. The van der Waals surface area contributed by atoms with Crippen LogP contribution in [0.2, 0.25) is 0 Å². The minimum atomic E-state index is -0.137. The molecular formula is C38H74O5. The molecule has 0 unspecified atom stereocenters. The largest absolute Gasteiger partial charge is 0.463 e. The van der Waals surface area contributed by atoms with Crippen molar-refractivity contribution < 1.29 is 23.8 Å². The van der Waals surface area contributed by atoms with E-state index in [4.69, 9.17) is 14.2 Å². The fraction of sp³-hybridized carbons (Fsp3) is 0.947. The molecule has 5 nitrogen and oxygen atoms in total. The third-order valence-corrected chi connectivity index (χ3v) is 8.45. The van der Waals surface area contributed by atoms with Crippen molar-refractivity contribution in [2.24, 2.45) is 0 Å². The monoisotopic (exact) mass is 611 g/mol. The van der Waals surface area contributed by atoms with Gasteiger partial charge in [-0.15, -0.1) is 0 Å². The molecule has 0 spiro atoms. The van der Waals surface area contributed by atoms with E-state index >= 15 is 0 Å². The van der Waals surface area contributed by atoms with E-state index in [0.29, 0.717) is 26.1 Å². The zero-order valence-electron chi connectivity index (χ0n) is 29.1. The second-order valence-corrected chi connectivity index (χ2v) is 12.7. The summed E-state index contributed by atoms with van der Waals surface area (Å²) in [6.45, 7) is 5.78. The summed E-state index contributed by atoms with van der Waals surface area (Å²) in [5, 5.41) is 0. The van der Waals surface area contributed by atoms with Crippen LogP contribution in [-0.2, 0) is 23.8 Å². The predicted octanol–water partition coefficient (Wildman–Crippen LogP) is 11.8. The van der Waals surface area contributed by atoms with E-state index in [-0.39, 0.29) is 25.2 Å². The molecule has 256 valence electrons. The molecule has 0 aliphatic heterocycles. The van der Waals surface area contributed by atoms with Crippen LogP contribution in [-0.4, -0.2) is 38.4 Å². The third kappa shape index (κ3) is 37.0. The summed E-state index contributed by atoms with van der Waals surface area (Å²) < 4.78 is 15.9. The van der Waals surface area contributed by atoms with Crippen LogP contribution in [0.3, 0.4) is 0 Å². The van der Waals surface area contributed by atoms with Crippen LogP contribution in [0.15, 0.2) is 0 Å². The lowest BCUT2D eigenvalue weighted by atomic mass is 10.0. The van der Waals surface area contributed by atoms with Crippen molar-refractivity contribution in [1.29, 1.82) is 0 Å². The number of rotatable bonds is 36. The van der Waals surface area contributed by atoms with Crippen molar-refractivity contribution in [3.63, 3.8) is 0 Å². The first-order valence-corrected chi connectivity index (χ1v) is 19.1. The first-order valence-electron chi connectivity index (χ1n) is 19.1. The van der Waals surface area contributed by atoms with Crippen LogP contribution in [0.4, 0.5) is 0 Å². The number of ether oxygens (including phenoxy) is 3. The van der Waals surface area contributed by atoms with Gasteiger partial charge in [0.05, 0.1) is 13.2 Å². The van der Waals surface area contributed by atoms with Gasteiger partial charge in [-0.25, -0.2) is 0 Å². The van der Waals surface area contributed by atoms with Crippen LogP contribution < -0.4 is 0 Å². The van der Waals surface area contributed by atoms with Gasteiger partial charge in [0, 0.05) is 12.8 Å². The van der Waals surface area contributed by atoms with Crippen molar-refractivity contribution in [2.45, 2.75) is 206 Å². The molecule has 0 aliphatic carbocycles. The molecule has 0 fully saturated rings. The predicted molar refractivity (Wildman–Crippen MR) is 183 cm³/mol. The van der Waals surface area contributed by atoms with Gasteiger partial charge in [0.2, 0.25) is 0 Å². The molecule has 5 heteroatoms. The van der Waals surface area contributed by atoms with E-state index in [9.17, 15) is 9.59 Å². The summed E-state index contributed by atoms with van der Waals surface area (Å²) >= 11 is 0. The van der Waals surface area contributed by atoms with Crippen LogP contribution >= 0.6 is 0 Å². The number of unbranched alkanes of at least 4 members (excludes halogenated alkanes) is 26. The number of hydrogen-bond acceptors (Lipinski definition) is 5. The first-order chi connectivity index (χ1) is 21.2. The maximum absolute atomic E-state index is 11.9. The molecule has 0 aromatic heterocycles. The van der Waals surface area contributed by atoms with Crippen LogP contribution in [0.1, 0.15) is 206 Å². The Kier molecular flexibility index (Phi) is 36.1. The average molecular weight is 611 g/mol. The Morgan fingerprint density at radius 3 is 0.814 bits per heavy atom. The zero-order chi connectivity index (χ0) is 31.3. The second-order valence-electron chi connectivity index (χ2n) is 12.7. The Hall–Kier alpha value is -1.10. The van der Waals surface area contributed by atoms with E-state index in [1.807, 2.05) is 0 Å². The summed E-state index contributed by atoms with van der Waals surface area (Å²) in [5.41, 5.74) is 0. The summed E-state index contributed by atoms with van der Waals surface area (Å²) in [4.78, 5) is 23.7. The van der Waals surface area contributed by atoms with Gasteiger partial charge < -0.3 is 14.2 Å². The molecule has 0 heterocycles. The van der Waals surface area contributed by atoms with Gasteiger partial charge in [-0.05, 0) is 12.8 Å². The molecule has 43 heavy (non-hydrogen) atoms. The lowest BCUT2D eigenvalue weighted by Crippen LogP contribution is -2.14. The third-order valence-electron chi connectivity index (χ3n) is 8.45. The minimum absolute atomic E-state index is 0.137. The van der Waals surface area contributed by atoms with Crippen molar-refractivity contribution >= 4 is 11.9 Å². The Morgan fingerprint density at radius 2 is 0.558 bits per heavy atom. The van der Waals surface area contributed by atoms with Crippen molar-refractivity contribution in [2.75, 3.05) is 26.4 Å². The van der Waals surface area contributed by atoms with E-state index in [1.165, 1.54) is 154 Å². The Labute approximate surface area is 268 Å². The van der Waals surface area contributed by atoms with Crippen molar-refractivity contribution in [1.82, 2.24) is 0 Å². The minimum Gasteiger partial charge on any atom is -0.463 e. The molecule has 0 saturated heterocycles. The molecule has 0 radical (unpaired) electrons. The number of carbonyl (C=O) groups is 2. The highest BCUT2D eigenvalue weighted by molar-refractivity contribution is 5.69. The average Bonchev–Trinajstić information content (AvgIpc) is 3.01. The second kappa shape index (κ2) is 37.1. The molecule has 0 rings (SSSR count). The molecule has 0 N–H and O–H groups in total. The highest BCUT2D eigenvalue weighted by Crippen LogP contribution is 2.15.